The zero-order valence-electron chi connectivity index (χ0n) is 16.1. The number of nitrogens with one attached hydrogen (secondary N) is 2. The Morgan fingerprint density at radius 1 is 1.18 bits per heavy atom. The highest BCUT2D eigenvalue weighted by Gasteiger charge is 2.09. The van der Waals surface area contributed by atoms with Crippen LogP contribution in [-0.4, -0.2) is 29.1 Å². The molecule has 0 heterocycles. The van der Waals surface area contributed by atoms with Crippen molar-refractivity contribution in [3.63, 3.8) is 0 Å². The zero-order valence-corrected chi connectivity index (χ0v) is 16.1. The lowest BCUT2D eigenvalue weighted by Crippen LogP contribution is -2.27. The smallest absolute Gasteiger partial charge is 0.251 e. The molecule has 2 aromatic carbocycles. The molecule has 0 aliphatic carbocycles. The Morgan fingerprint density at radius 2 is 1.93 bits per heavy atom. The normalized spacial score (nSPS) is 10.6. The number of aryl methyl sites for hydroxylation is 1. The molecule has 0 saturated carbocycles. The molecule has 2 amide bonds. The third kappa shape index (κ3) is 6.86. The number of carbonyl (C=O) groups excluding carboxylic acids is 2. The largest absolute Gasteiger partial charge is 0.378 e. The van der Waals surface area contributed by atoms with Gasteiger partial charge >= 0.3 is 0 Å². The Hall–Kier alpha value is -3.17. The van der Waals surface area contributed by atoms with Gasteiger partial charge < -0.3 is 15.7 Å². The summed E-state index contributed by atoms with van der Waals surface area (Å²) < 4.78 is 13.1. The molecule has 5 nitrogen and oxygen atoms in total. The van der Waals surface area contributed by atoms with Gasteiger partial charge in [0.1, 0.15) is 11.4 Å². The van der Waals surface area contributed by atoms with E-state index in [1.165, 1.54) is 18.2 Å². The molecule has 0 bridgehead atoms. The first kappa shape index (κ1) is 21.1. The Morgan fingerprint density at radius 3 is 2.61 bits per heavy atom. The van der Waals surface area contributed by atoms with Crippen molar-refractivity contribution in [2.75, 3.05) is 11.9 Å². The monoisotopic (exact) mass is 382 g/mol. The number of amides is 2. The van der Waals surface area contributed by atoms with Crippen LogP contribution in [0.1, 0.15) is 41.8 Å². The van der Waals surface area contributed by atoms with E-state index < -0.39 is 5.60 Å². The van der Waals surface area contributed by atoms with Crippen LogP contribution in [0.4, 0.5) is 10.1 Å². The molecule has 2 rings (SSSR count). The average Bonchev–Trinajstić information content (AvgIpc) is 2.62. The maximum Gasteiger partial charge on any atom is 0.251 e. The van der Waals surface area contributed by atoms with Crippen LogP contribution in [0.15, 0.2) is 42.5 Å². The fourth-order valence-corrected chi connectivity index (χ4v) is 2.33. The lowest BCUT2D eigenvalue weighted by Gasteiger charge is -2.09. The van der Waals surface area contributed by atoms with E-state index in [1.807, 2.05) is 0 Å². The van der Waals surface area contributed by atoms with Crippen LogP contribution in [0.2, 0.25) is 0 Å². The van der Waals surface area contributed by atoms with Gasteiger partial charge in [0.2, 0.25) is 5.91 Å². The third-order valence-electron chi connectivity index (χ3n) is 3.74. The molecule has 0 saturated heterocycles. The van der Waals surface area contributed by atoms with Crippen LogP contribution in [0, 0.1) is 24.6 Å². The molecule has 28 heavy (non-hydrogen) atoms. The van der Waals surface area contributed by atoms with E-state index in [-0.39, 0.29) is 30.6 Å². The van der Waals surface area contributed by atoms with Gasteiger partial charge in [-0.2, -0.15) is 0 Å². The van der Waals surface area contributed by atoms with Crippen LogP contribution in [0.25, 0.3) is 0 Å². The minimum atomic E-state index is -1.12. The molecule has 146 valence electrons. The third-order valence-corrected chi connectivity index (χ3v) is 3.74. The Bertz CT molecular complexity index is 937. The lowest BCUT2D eigenvalue weighted by molar-refractivity contribution is -0.116. The second kappa shape index (κ2) is 9.16. The van der Waals surface area contributed by atoms with Crippen molar-refractivity contribution in [2.24, 2.45) is 0 Å². The van der Waals surface area contributed by atoms with Gasteiger partial charge in [0, 0.05) is 29.8 Å². The number of anilines is 1. The first-order valence-electron chi connectivity index (χ1n) is 8.84. The summed E-state index contributed by atoms with van der Waals surface area (Å²) in [6.45, 7) is 5.02. The predicted octanol–water partition coefficient (Wildman–Crippen LogP) is 3.02. The molecule has 0 radical (unpaired) electrons. The second-order valence-electron chi connectivity index (χ2n) is 6.90. The summed E-state index contributed by atoms with van der Waals surface area (Å²) in [5.41, 5.74) is 1.07. The first-order chi connectivity index (χ1) is 13.1. The van der Waals surface area contributed by atoms with Gasteiger partial charge in [-0.25, -0.2) is 4.39 Å². The van der Waals surface area contributed by atoms with E-state index in [1.54, 1.807) is 45.0 Å². The second-order valence-corrected chi connectivity index (χ2v) is 6.90. The van der Waals surface area contributed by atoms with E-state index in [2.05, 4.69) is 22.5 Å². The summed E-state index contributed by atoms with van der Waals surface area (Å²) in [6.07, 6.45) is 0.0841. The van der Waals surface area contributed by atoms with Crippen LogP contribution in [-0.2, 0) is 4.79 Å². The summed E-state index contributed by atoms with van der Waals surface area (Å²) in [7, 11) is 0. The van der Waals surface area contributed by atoms with Crippen molar-refractivity contribution in [1.82, 2.24) is 5.32 Å². The molecule has 0 aliphatic rings. The number of carbonyl (C=O) groups is 2. The molecule has 6 heteroatoms. The molecule has 2 aromatic rings. The summed E-state index contributed by atoms with van der Waals surface area (Å²) in [4.78, 5) is 24.3. The zero-order chi connectivity index (χ0) is 20.7. The van der Waals surface area contributed by atoms with Gasteiger partial charge in [-0.05, 0) is 62.7 Å². The molecule has 0 aromatic heterocycles. The maximum atomic E-state index is 13.1. The number of hydrogen-bond donors (Lipinski definition) is 3. The summed E-state index contributed by atoms with van der Waals surface area (Å²) in [6, 6.07) is 10.8. The van der Waals surface area contributed by atoms with Gasteiger partial charge in [-0.1, -0.05) is 17.9 Å². The average molecular weight is 382 g/mol. The van der Waals surface area contributed by atoms with Crippen molar-refractivity contribution in [3.8, 4) is 11.8 Å². The van der Waals surface area contributed by atoms with Gasteiger partial charge in [0.25, 0.3) is 5.91 Å². The van der Waals surface area contributed by atoms with Crippen LogP contribution in [0.3, 0.4) is 0 Å². The van der Waals surface area contributed by atoms with Crippen molar-refractivity contribution >= 4 is 17.5 Å². The fourth-order valence-electron chi connectivity index (χ4n) is 2.33. The standard InChI is InChI=1S/C22H23FN2O3/c1-15-13-18(23)7-8-19(15)25-20(26)10-12-24-21(27)17-6-4-5-16(14-17)9-11-22(2,3)28/h4-8,13-14,28H,10,12H2,1-3H3,(H,24,27)(H,25,26). The van der Waals surface area contributed by atoms with Crippen LogP contribution in [0.5, 0.6) is 0 Å². The molecule has 0 aliphatic heterocycles. The highest BCUT2D eigenvalue weighted by atomic mass is 19.1. The first-order valence-corrected chi connectivity index (χ1v) is 8.84. The van der Waals surface area contributed by atoms with Gasteiger partial charge in [-0.15, -0.1) is 0 Å². The topological polar surface area (TPSA) is 78.4 Å². The number of halogens is 1. The molecule has 0 fully saturated rings. The van der Waals surface area contributed by atoms with E-state index in [9.17, 15) is 19.1 Å². The number of hydrogen-bond acceptors (Lipinski definition) is 3. The summed E-state index contributed by atoms with van der Waals surface area (Å²) in [5.74, 6) is 4.55. The molecule has 0 unspecified atom stereocenters. The van der Waals surface area contributed by atoms with E-state index in [4.69, 9.17) is 0 Å². The van der Waals surface area contributed by atoms with Gasteiger partial charge in [-0.3, -0.25) is 9.59 Å². The van der Waals surface area contributed by atoms with Crippen molar-refractivity contribution < 1.29 is 19.1 Å². The highest BCUT2D eigenvalue weighted by Crippen LogP contribution is 2.15. The predicted molar refractivity (Wildman–Crippen MR) is 106 cm³/mol. The number of rotatable bonds is 5. The Labute approximate surface area is 164 Å². The van der Waals surface area contributed by atoms with E-state index >= 15 is 0 Å². The molecule has 3 N–H and O–H groups in total. The van der Waals surface area contributed by atoms with E-state index in [0.717, 1.165) is 0 Å². The Kier molecular flexibility index (Phi) is 6.91. The number of benzene rings is 2. The van der Waals surface area contributed by atoms with Gasteiger partial charge in [0.05, 0.1) is 0 Å². The summed E-state index contributed by atoms with van der Waals surface area (Å²) in [5, 5.41) is 15.0. The molecule has 0 atom stereocenters. The van der Waals surface area contributed by atoms with E-state index in [0.29, 0.717) is 22.4 Å². The quantitative estimate of drug-likeness (QED) is 0.696. The minimum Gasteiger partial charge on any atom is -0.378 e. The molecular formula is C22H23FN2O3. The van der Waals surface area contributed by atoms with Crippen molar-refractivity contribution in [3.05, 3.63) is 65.0 Å². The van der Waals surface area contributed by atoms with Crippen LogP contribution >= 0.6 is 0 Å². The number of aliphatic hydroxyl groups is 1. The molecular weight excluding hydrogens is 359 g/mol. The van der Waals surface area contributed by atoms with Crippen molar-refractivity contribution in [1.29, 1.82) is 0 Å². The minimum absolute atomic E-state index is 0.0841. The lowest BCUT2D eigenvalue weighted by atomic mass is 10.1. The maximum absolute atomic E-state index is 13.1. The van der Waals surface area contributed by atoms with Crippen LogP contribution < -0.4 is 10.6 Å². The summed E-state index contributed by atoms with van der Waals surface area (Å²) >= 11 is 0. The fraction of sp³-hybridized carbons (Fsp3) is 0.273. The molecule has 0 spiro atoms. The SMILES string of the molecule is Cc1cc(F)ccc1NC(=O)CCNC(=O)c1cccc(C#CC(C)(C)O)c1. The Balaban J connectivity index is 1.88. The van der Waals surface area contributed by atoms with Crippen molar-refractivity contribution in [2.45, 2.75) is 32.8 Å². The van der Waals surface area contributed by atoms with Gasteiger partial charge in [0.15, 0.2) is 0 Å². The highest BCUT2D eigenvalue weighted by molar-refractivity contribution is 5.95.